The topological polar surface area (TPSA) is 29.1 Å². The highest BCUT2D eigenvalue weighted by atomic mass is 16.1. The van der Waals surface area contributed by atoms with E-state index in [4.69, 9.17) is 0 Å². The number of unbranched alkanes of at least 4 members (excludes halogenated alkanes) is 7. The second-order valence-electron chi connectivity index (χ2n) is 5.55. The van der Waals surface area contributed by atoms with E-state index in [0.29, 0.717) is 5.78 Å². The molecule has 0 spiro atoms. The second-order valence-corrected chi connectivity index (χ2v) is 5.55. The normalized spacial score (nSPS) is 11.1. The van der Waals surface area contributed by atoms with Gasteiger partial charge in [0.15, 0.2) is 0 Å². The monoisotopic (exact) mass is 255 g/mol. The van der Waals surface area contributed by atoms with Gasteiger partial charge in [-0.05, 0) is 25.9 Å². The molecular formula is C16H33NO. The first kappa shape index (κ1) is 17.6. The molecule has 2 nitrogen and oxygen atoms in total. The molecule has 0 rings (SSSR count). The number of carbonyl (C=O) groups is 1. The summed E-state index contributed by atoms with van der Waals surface area (Å²) >= 11 is 0. The molecule has 0 saturated heterocycles. The van der Waals surface area contributed by atoms with Gasteiger partial charge in [-0.25, -0.2) is 0 Å². The van der Waals surface area contributed by atoms with Gasteiger partial charge in [0.1, 0.15) is 5.78 Å². The van der Waals surface area contributed by atoms with E-state index in [9.17, 15) is 4.79 Å². The van der Waals surface area contributed by atoms with Crippen molar-refractivity contribution in [3.05, 3.63) is 0 Å². The van der Waals surface area contributed by atoms with Crippen molar-refractivity contribution in [2.24, 2.45) is 5.92 Å². The van der Waals surface area contributed by atoms with Gasteiger partial charge in [-0.3, -0.25) is 4.79 Å². The Morgan fingerprint density at radius 3 is 1.89 bits per heavy atom. The van der Waals surface area contributed by atoms with Crippen LogP contribution in [0.4, 0.5) is 0 Å². The largest absolute Gasteiger partial charge is 0.317 e. The van der Waals surface area contributed by atoms with Gasteiger partial charge in [0.2, 0.25) is 0 Å². The number of hydrogen-bond donors (Lipinski definition) is 1. The molecule has 0 aliphatic rings. The van der Waals surface area contributed by atoms with Crippen LogP contribution in [0.25, 0.3) is 0 Å². The molecule has 0 bridgehead atoms. The van der Waals surface area contributed by atoms with Crippen molar-refractivity contribution in [1.82, 2.24) is 5.32 Å². The van der Waals surface area contributed by atoms with E-state index in [0.717, 1.165) is 19.4 Å². The number of nitrogens with one attached hydrogen (secondary N) is 1. The third-order valence-corrected chi connectivity index (χ3v) is 3.42. The molecule has 0 amide bonds. The summed E-state index contributed by atoms with van der Waals surface area (Å²) in [5.74, 6) is 0.653. The fourth-order valence-electron chi connectivity index (χ4n) is 2.08. The van der Waals surface area contributed by atoms with Gasteiger partial charge >= 0.3 is 0 Å². The van der Waals surface area contributed by atoms with Crippen LogP contribution in [-0.2, 0) is 4.79 Å². The van der Waals surface area contributed by atoms with Crippen LogP contribution in [0.1, 0.15) is 78.6 Å². The molecule has 18 heavy (non-hydrogen) atoms. The SMILES string of the molecule is CCNCCCCCCCCCCC(=O)C(C)C. The molecular weight excluding hydrogens is 222 g/mol. The summed E-state index contributed by atoms with van der Waals surface area (Å²) in [7, 11) is 0. The molecule has 0 aromatic rings. The minimum atomic E-state index is 0.224. The highest BCUT2D eigenvalue weighted by Gasteiger charge is 2.05. The molecule has 0 saturated carbocycles. The predicted molar refractivity (Wildman–Crippen MR) is 79.9 cm³/mol. The summed E-state index contributed by atoms with van der Waals surface area (Å²) in [5, 5.41) is 3.35. The van der Waals surface area contributed by atoms with Crippen LogP contribution in [0.15, 0.2) is 0 Å². The molecule has 0 aromatic carbocycles. The Morgan fingerprint density at radius 2 is 1.39 bits per heavy atom. The Kier molecular flexibility index (Phi) is 12.8. The average molecular weight is 255 g/mol. The molecule has 2 heteroatoms. The lowest BCUT2D eigenvalue weighted by Crippen LogP contribution is -2.13. The molecule has 0 atom stereocenters. The summed E-state index contributed by atoms with van der Waals surface area (Å²) in [6.45, 7) is 8.42. The molecule has 108 valence electrons. The first-order valence-electron chi connectivity index (χ1n) is 7.92. The fourth-order valence-corrected chi connectivity index (χ4v) is 2.08. The zero-order valence-corrected chi connectivity index (χ0v) is 12.8. The second kappa shape index (κ2) is 13.1. The standard InChI is InChI=1S/C16H33NO/c1-4-17-14-12-10-8-6-5-7-9-11-13-16(18)15(2)3/h15,17H,4-14H2,1-3H3. The van der Waals surface area contributed by atoms with Gasteiger partial charge in [0, 0.05) is 12.3 Å². The van der Waals surface area contributed by atoms with Crippen molar-refractivity contribution in [3.63, 3.8) is 0 Å². The maximum atomic E-state index is 11.4. The maximum Gasteiger partial charge on any atom is 0.135 e. The lowest BCUT2D eigenvalue weighted by Gasteiger charge is -2.04. The minimum absolute atomic E-state index is 0.224. The van der Waals surface area contributed by atoms with E-state index in [1.807, 2.05) is 13.8 Å². The van der Waals surface area contributed by atoms with E-state index in [1.54, 1.807) is 0 Å². The van der Waals surface area contributed by atoms with Crippen LogP contribution >= 0.6 is 0 Å². The van der Waals surface area contributed by atoms with E-state index in [1.165, 1.54) is 51.5 Å². The third-order valence-electron chi connectivity index (χ3n) is 3.42. The van der Waals surface area contributed by atoms with Gasteiger partial charge in [0.05, 0.1) is 0 Å². The lowest BCUT2D eigenvalue weighted by atomic mass is 10.0. The number of rotatable bonds is 13. The lowest BCUT2D eigenvalue weighted by molar-refractivity contribution is -0.122. The van der Waals surface area contributed by atoms with Gasteiger partial charge in [-0.2, -0.15) is 0 Å². The minimum Gasteiger partial charge on any atom is -0.317 e. The van der Waals surface area contributed by atoms with Crippen LogP contribution < -0.4 is 5.32 Å². The van der Waals surface area contributed by atoms with Crippen LogP contribution in [0.5, 0.6) is 0 Å². The fraction of sp³-hybridized carbons (Fsp3) is 0.938. The highest BCUT2D eigenvalue weighted by molar-refractivity contribution is 5.80. The van der Waals surface area contributed by atoms with Gasteiger partial charge in [-0.15, -0.1) is 0 Å². The van der Waals surface area contributed by atoms with E-state index < -0.39 is 0 Å². The van der Waals surface area contributed by atoms with Crippen molar-refractivity contribution in [1.29, 1.82) is 0 Å². The quantitative estimate of drug-likeness (QED) is 0.496. The van der Waals surface area contributed by atoms with Crippen molar-refractivity contribution in [2.75, 3.05) is 13.1 Å². The van der Waals surface area contributed by atoms with Gasteiger partial charge in [-0.1, -0.05) is 59.3 Å². The third kappa shape index (κ3) is 12.1. The van der Waals surface area contributed by atoms with E-state index in [-0.39, 0.29) is 5.92 Å². The number of ketones is 1. The Labute approximate surface area is 114 Å². The van der Waals surface area contributed by atoms with Crippen LogP contribution in [0.2, 0.25) is 0 Å². The van der Waals surface area contributed by atoms with Crippen LogP contribution in [0, 0.1) is 5.92 Å². The molecule has 0 aliphatic heterocycles. The molecule has 0 unspecified atom stereocenters. The van der Waals surface area contributed by atoms with Crippen molar-refractivity contribution < 1.29 is 4.79 Å². The van der Waals surface area contributed by atoms with Crippen LogP contribution in [0.3, 0.4) is 0 Å². The zero-order valence-electron chi connectivity index (χ0n) is 12.8. The Balaban J connectivity index is 3.05. The number of carbonyl (C=O) groups excluding carboxylic acids is 1. The summed E-state index contributed by atoms with van der Waals surface area (Å²) < 4.78 is 0. The average Bonchev–Trinajstić information content (AvgIpc) is 2.35. The molecule has 0 fully saturated rings. The van der Waals surface area contributed by atoms with E-state index >= 15 is 0 Å². The Morgan fingerprint density at radius 1 is 0.889 bits per heavy atom. The van der Waals surface area contributed by atoms with Crippen molar-refractivity contribution >= 4 is 5.78 Å². The maximum absolute atomic E-state index is 11.4. The van der Waals surface area contributed by atoms with Crippen LogP contribution in [-0.4, -0.2) is 18.9 Å². The summed E-state index contributed by atoms with van der Waals surface area (Å²) in [6, 6.07) is 0. The summed E-state index contributed by atoms with van der Waals surface area (Å²) in [4.78, 5) is 11.4. The Bertz CT molecular complexity index is 190. The van der Waals surface area contributed by atoms with Crippen molar-refractivity contribution in [2.45, 2.75) is 78.6 Å². The highest BCUT2D eigenvalue weighted by Crippen LogP contribution is 2.11. The summed E-state index contributed by atoms with van der Waals surface area (Å²) in [5.41, 5.74) is 0. The number of hydrogen-bond acceptors (Lipinski definition) is 2. The number of Topliss-reactive ketones (excluding diaryl/α,β-unsaturated/α-hetero) is 1. The Hall–Kier alpha value is -0.370. The molecule has 0 aromatic heterocycles. The molecule has 0 heterocycles. The smallest absolute Gasteiger partial charge is 0.135 e. The predicted octanol–water partition coefficient (Wildman–Crippen LogP) is 4.33. The first-order chi connectivity index (χ1) is 8.68. The first-order valence-corrected chi connectivity index (χ1v) is 7.92. The summed E-state index contributed by atoms with van der Waals surface area (Å²) in [6.07, 6.45) is 11.2. The molecule has 1 N–H and O–H groups in total. The van der Waals surface area contributed by atoms with Gasteiger partial charge in [0.25, 0.3) is 0 Å². The zero-order chi connectivity index (χ0) is 13.6. The molecule has 0 aliphatic carbocycles. The van der Waals surface area contributed by atoms with Gasteiger partial charge < -0.3 is 5.32 Å². The molecule has 0 radical (unpaired) electrons. The van der Waals surface area contributed by atoms with Crippen molar-refractivity contribution in [3.8, 4) is 0 Å². The van der Waals surface area contributed by atoms with E-state index in [2.05, 4.69) is 12.2 Å².